The molecule has 1 N–H and O–H groups in total. The normalized spacial score (nSPS) is 13.1. The fourth-order valence-electron chi connectivity index (χ4n) is 1.57. The Labute approximate surface area is 97.1 Å². The van der Waals surface area contributed by atoms with Crippen LogP contribution < -0.4 is 0 Å². The lowest BCUT2D eigenvalue weighted by molar-refractivity contribution is 0.162. The summed E-state index contributed by atoms with van der Waals surface area (Å²) in [4.78, 5) is 0. The molecule has 0 aliphatic heterocycles. The van der Waals surface area contributed by atoms with Crippen LogP contribution in [0.4, 0.5) is 0 Å². The number of halogens is 1. The monoisotopic (exact) mass is 226 g/mol. The van der Waals surface area contributed by atoms with Crippen LogP contribution in [0.2, 0.25) is 5.02 Å². The first-order valence-corrected chi connectivity index (χ1v) is 5.91. The van der Waals surface area contributed by atoms with E-state index in [1.54, 1.807) is 0 Å². The first-order chi connectivity index (χ1) is 7.09. The Morgan fingerprint density at radius 2 is 1.73 bits per heavy atom. The van der Waals surface area contributed by atoms with E-state index < -0.39 is 0 Å². The Bertz CT molecular complexity index is 279. The summed E-state index contributed by atoms with van der Waals surface area (Å²) < 4.78 is 0. The van der Waals surface area contributed by atoms with Gasteiger partial charge in [0, 0.05) is 5.02 Å². The van der Waals surface area contributed by atoms with Crippen LogP contribution in [-0.2, 0) is 0 Å². The van der Waals surface area contributed by atoms with Crippen LogP contribution in [0.25, 0.3) is 0 Å². The Balaban J connectivity index is 2.40. The van der Waals surface area contributed by atoms with E-state index in [-0.39, 0.29) is 6.10 Å². The van der Waals surface area contributed by atoms with E-state index >= 15 is 0 Å². The predicted octanol–water partition coefficient (Wildman–Crippen LogP) is 4.20. The van der Waals surface area contributed by atoms with Crippen molar-refractivity contribution in [2.24, 2.45) is 5.92 Å². The number of aliphatic hydroxyl groups is 1. The average molecular weight is 227 g/mol. The molecule has 0 spiro atoms. The minimum atomic E-state index is -0.346. The number of aliphatic hydroxyl groups excluding tert-OH is 1. The van der Waals surface area contributed by atoms with Crippen LogP contribution >= 0.6 is 11.6 Å². The molecule has 1 rings (SSSR count). The zero-order valence-electron chi connectivity index (χ0n) is 9.41. The lowest BCUT2D eigenvalue weighted by atomic mass is 10.0. The van der Waals surface area contributed by atoms with Crippen LogP contribution in [0, 0.1) is 5.92 Å². The molecule has 0 bridgehead atoms. The lowest BCUT2D eigenvalue weighted by Gasteiger charge is -2.11. The summed E-state index contributed by atoms with van der Waals surface area (Å²) in [6.07, 6.45) is 2.73. The van der Waals surface area contributed by atoms with Crippen molar-refractivity contribution in [3.8, 4) is 0 Å². The van der Waals surface area contributed by atoms with Gasteiger partial charge in [-0.3, -0.25) is 0 Å². The highest BCUT2D eigenvalue weighted by Crippen LogP contribution is 2.22. The third-order valence-corrected chi connectivity index (χ3v) is 2.77. The molecule has 1 aromatic rings. The third kappa shape index (κ3) is 4.67. The number of benzene rings is 1. The number of rotatable bonds is 5. The minimum Gasteiger partial charge on any atom is -0.388 e. The maximum absolute atomic E-state index is 9.88. The maximum atomic E-state index is 9.88. The van der Waals surface area contributed by atoms with Gasteiger partial charge in [-0.15, -0.1) is 0 Å². The molecule has 0 amide bonds. The van der Waals surface area contributed by atoms with Crippen LogP contribution in [-0.4, -0.2) is 5.11 Å². The van der Waals surface area contributed by atoms with Crippen molar-refractivity contribution in [1.29, 1.82) is 0 Å². The highest BCUT2D eigenvalue weighted by atomic mass is 35.5. The van der Waals surface area contributed by atoms with Crippen molar-refractivity contribution in [3.05, 3.63) is 34.9 Å². The van der Waals surface area contributed by atoms with Gasteiger partial charge in [-0.1, -0.05) is 50.4 Å². The Morgan fingerprint density at radius 3 is 2.27 bits per heavy atom. The zero-order chi connectivity index (χ0) is 11.3. The maximum Gasteiger partial charge on any atom is 0.0790 e. The topological polar surface area (TPSA) is 20.2 Å². The average Bonchev–Trinajstić information content (AvgIpc) is 2.18. The fourth-order valence-corrected chi connectivity index (χ4v) is 1.70. The van der Waals surface area contributed by atoms with Gasteiger partial charge < -0.3 is 5.11 Å². The van der Waals surface area contributed by atoms with E-state index in [0.29, 0.717) is 10.9 Å². The van der Waals surface area contributed by atoms with Gasteiger partial charge in [-0.25, -0.2) is 0 Å². The van der Waals surface area contributed by atoms with E-state index in [9.17, 15) is 5.11 Å². The molecule has 0 heterocycles. The molecule has 0 saturated heterocycles. The van der Waals surface area contributed by atoms with Crippen LogP contribution in [0.3, 0.4) is 0 Å². The van der Waals surface area contributed by atoms with Crippen LogP contribution in [0.15, 0.2) is 24.3 Å². The van der Waals surface area contributed by atoms with Crippen LogP contribution in [0.5, 0.6) is 0 Å². The SMILES string of the molecule is CC(C)CCCC(O)c1ccc(Cl)cc1. The molecule has 0 aliphatic rings. The smallest absolute Gasteiger partial charge is 0.0790 e. The summed E-state index contributed by atoms with van der Waals surface area (Å²) in [5.74, 6) is 0.711. The van der Waals surface area contributed by atoms with Gasteiger partial charge in [0.15, 0.2) is 0 Å². The zero-order valence-corrected chi connectivity index (χ0v) is 10.2. The van der Waals surface area contributed by atoms with Crippen molar-refractivity contribution in [2.75, 3.05) is 0 Å². The number of hydrogen-bond acceptors (Lipinski definition) is 1. The van der Waals surface area contributed by atoms with E-state index in [2.05, 4.69) is 13.8 Å². The van der Waals surface area contributed by atoms with E-state index in [0.717, 1.165) is 18.4 Å². The minimum absolute atomic E-state index is 0.346. The molecule has 2 heteroatoms. The quantitative estimate of drug-likeness (QED) is 0.798. The second-order valence-electron chi connectivity index (χ2n) is 4.39. The highest BCUT2D eigenvalue weighted by molar-refractivity contribution is 6.30. The molecule has 15 heavy (non-hydrogen) atoms. The second-order valence-corrected chi connectivity index (χ2v) is 4.83. The molecule has 0 fully saturated rings. The van der Waals surface area contributed by atoms with Gasteiger partial charge in [-0.05, 0) is 30.0 Å². The molecule has 1 nitrogen and oxygen atoms in total. The van der Waals surface area contributed by atoms with Gasteiger partial charge >= 0.3 is 0 Å². The van der Waals surface area contributed by atoms with E-state index in [4.69, 9.17) is 11.6 Å². The lowest BCUT2D eigenvalue weighted by Crippen LogP contribution is -1.98. The largest absolute Gasteiger partial charge is 0.388 e. The van der Waals surface area contributed by atoms with Crippen molar-refractivity contribution in [1.82, 2.24) is 0 Å². The summed E-state index contributed by atoms with van der Waals surface area (Å²) in [5.41, 5.74) is 0.961. The molecule has 0 aromatic heterocycles. The van der Waals surface area contributed by atoms with Crippen LogP contribution in [0.1, 0.15) is 44.8 Å². The predicted molar refractivity (Wildman–Crippen MR) is 65.1 cm³/mol. The van der Waals surface area contributed by atoms with Gasteiger partial charge in [0.1, 0.15) is 0 Å². The molecule has 84 valence electrons. The Hall–Kier alpha value is -0.530. The standard InChI is InChI=1S/C13H19ClO/c1-10(2)4-3-5-13(15)11-6-8-12(14)9-7-11/h6-10,13,15H,3-5H2,1-2H3. The fraction of sp³-hybridized carbons (Fsp3) is 0.538. The van der Waals surface area contributed by atoms with E-state index in [1.807, 2.05) is 24.3 Å². The molecule has 0 saturated carbocycles. The summed E-state index contributed by atoms with van der Waals surface area (Å²) >= 11 is 5.78. The molecule has 1 unspecified atom stereocenters. The Morgan fingerprint density at radius 1 is 1.13 bits per heavy atom. The number of hydrogen-bond donors (Lipinski definition) is 1. The second kappa shape index (κ2) is 6.14. The Kier molecular flexibility index (Phi) is 5.13. The van der Waals surface area contributed by atoms with Crippen molar-refractivity contribution in [2.45, 2.75) is 39.2 Å². The van der Waals surface area contributed by atoms with Gasteiger partial charge in [0.05, 0.1) is 6.10 Å². The van der Waals surface area contributed by atoms with Crippen molar-refractivity contribution in [3.63, 3.8) is 0 Å². The summed E-state index contributed by atoms with van der Waals surface area (Å²) in [7, 11) is 0. The third-order valence-electron chi connectivity index (χ3n) is 2.51. The summed E-state index contributed by atoms with van der Waals surface area (Å²) in [5, 5.41) is 10.6. The molecule has 1 atom stereocenters. The molecule has 0 aliphatic carbocycles. The summed E-state index contributed by atoms with van der Waals surface area (Å²) in [6.45, 7) is 4.41. The van der Waals surface area contributed by atoms with Gasteiger partial charge in [0.25, 0.3) is 0 Å². The highest BCUT2D eigenvalue weighted by Gasteiger charge is 2.07. The molecule has 1 aromatic carbocycles. The van der Waals surface area contributed by atoms with E-state index in [1.165, 1.54) is 6.42 Å². The molecule has 0 radical (unpaired) electrons. The molecular formula is C13H19ClO. The molecular weight excluding hydrogens is 208 g/mol. The first-order valence-electron chi connectivity index (χ1n) is 5.53. The first kappa shape index (κ1) is 12.5. The van der Waals surface area contributed by atoms with Gasteiger partial charge in [-0.2, -0.15) is 0 Å². The van der Waals surface area contributed by atoms with Gasteiger partial charge in [0.2, 0.25) is 0 Å². The van der Waals surface area contributed by atoms with Crippen molar-refractivity contribution >= 4 is 11.6 Å². The summed E-state index contributed by atoms with van der Waals surface area (Å²) in [6, 6.07) is 7.43. The van der Waals surface area contributed by atoms with Crippen molar-refractivity contribution < 1.29 is 5.11 Å².